The quantitative estimate of drug-likeness (QED) is 0.496. The standard InChI is InChI=1S/C22H25ClF4N2/c1-3-20(24)18-14-15(29-11-9-28(4-2)10-12-29)13-17(21(18)23)16-7-5-6-8-19(16)22(25,26)27/h5-8,13-14,20H,3-4,9-12H2,1-2H3/t20-/m1/s1. The first-order valence-electron chi connectivity index (χ1n) is 9.87. The maximum atomic E-state index is 14.7. The average molecular weight is 429 g/mol. The van der Waals surface area contributed by atoms with E-state index in [4.69, 9.17) is 11.6 Å². The summed E-state index contributed by atoms with van der Waals surface area (Å²) in [5.41, 5.74) is 0.386. The first-order valence-corrected chi connectivity index (χ1v) is 10.3. The molecule has 7 heteroatoms. The number of likely N-dealkylation sites (N-methyl/N-ethyl adjacent to an activating group) is 1. The molecule has 158 valence electrons. The van der Waals surface area contributed by atoms with Crippen molar-refractivity contribution in [3.8, 4) is 11.1 Å². The van der Waals surface area contributed by atoms with Gasteiger partial charge >= 0.3 is 6.18 Å². The van der Waals surface area contributed by atoms with Crippen LogP contribution in [0.25, 0.3) is 11.1 Å². The number of hydrogen-bond acceptors (Lipinski definition) is 2. The fourth-order valence-electron chi connectivity index (χ4n) is 3.74. The van der Waals surface area contributed by atoms with Crippen LogP contribution in [0, 0.1) is 0 Å². The summed E-state index contributed by atoms with van der Waals surface area (Å²) in [4.78, 5) is 4.39. The molecule has 2 aromatic carbocycles. The zero-order valence-electron chi connectivity index (χ0n) is 16.6. The third kappa shape index (κ3) is 4.69. The van der Waals surface area contributed by atoms with Gasteiger partial charge in [0, 0.05) is 43.0 Å². The van der Waals surface area contributed by atoms with E-state index in [-0.39, 0.29) is 28.1 Å². The van der Waals surface area contributed by atoms with Crippen molar-refractivity contribution in [2.24, 2.45) is 0 Å². The summed E-state index contributed by atoms with van der Waals surface area (Å²) in [6.45, 7) is 7.92. The van der Waals surface area contributed by atoms with Gasteiger partial charge in [-0.3, -0.25) is 0 Å². The number of nitrogens with zero attached hydrogens (tertiary/aromatic N) is 2. The number of benzene rings is 2. The van der Waals surface area contributed by atoms with E-state index in [1.54, 1.807) is 25.1 Å². The Morgan fingerprint density at radius 2 is 1.66 bits per heavy atom. The fourth-order valence-corrected chi connectivity index (χ4v) is 4.07. The minimum Gasteiger partial charge on any atom is -0.369 e. The van der Waals surface area contributed by atoms with Gasteiger partial charge in [-0.25, -0.2) is 4.39 Å². The summed E-state index contributed by atoms with van der Waals surface area (Å²) in [5.74, 6) is 0. The predicted molar refractivity (Wildman–Crippen MR) is 110 cm³/mol. The lowest BCUT2D eigenvalue weighted by atomic mass is 9.94. The molecule has 1 fully saturated rings. The minimum absolute atomic E-state index is 0.0244. The smallest absolute Gasteiger partial charge is 0.369 e. The van der Waals surface area contributed by atoms with Crippen LogP contribution in [-0.2, 0) is 6.18 Å². The Morgan fingerprint density at radius 3 is 2.24 bits per heavy atom. The van der Waals surface area contributed by atoms with Gasteiger partial charge in [0.05, 0.1) is 10.6 Å². The molecule has 0 radical (unpaired) electrons. The number of rotatable bonds is 5. The Morgan fingerprint density at radius 1 is 1.00 bits per heavy atom. The summed E-state index contributed by atoms with van der Waals surface area (Å²) in [5, 5.41) is 0.0481. The topological polar surface area (TPSA) is 6.48 Å². The Balaban J connectivity index is 2.13. The molecule has 1 aliphatic heterocycles. The second-order valence-electron chi connectivity index (χ2n) is 7.24. The largest absolute Gasteiger partial charge is 0.417 e. The van der Waals surface area contributed by atoms with E-state index in [1.807, 2.05) is 0 Å². The predicted octanol–water partition coefficient (Wildman–Crippen LogP) is 6.59. The Kier molecular flexibility index (Phi) is 6.74. The van der Waals surface area contributed by atoms with Crippen LogP contribution in [0.1, 0.15) is 37.6 Å². The molecule has 29 heavy (non-hydrogen) atoms. The number of alkyl halides is 4. The Bertz CT molecular complexity index is 845. The van der Waals surface area contributed by atoms with E-state index in [1.165, 1.54) is 12.1 Å². The molecule has 2 nitrogen and oxygen atoms in total. The monoisotopic (exact) mass is 428 g/mol. The van der Waals surface area contributed by atoms with Crippen molar-refractivity contribution >= 4 is 17.3 Å². The van der Waals surface area contributed by atoms with E-state index in [9.17, 15) is 17.6 Å². The van der Waals surface area contributed by atoms with Crippen LogP contribution >= 0.6 is 11.6 Å². The number of piperazine rings is 1. The second kappa shape index (κ2) is 8.92. The van der Waals surface area contributed by atoms with Crippen LogP contribution in [0.5, 0.6) is 0 Å². The van der Waals surface area contributed by atoms with Gasteiger partial charge in [0.25, 0.3) is 0 Å². The van der Waals surface area contributed by atoms with Crippen molar-refractivity contribution in [2.45, 2.75) is 32.6 Å². The van der Waals surface area contributed by atoms with E-state index in [0.29, 0.717) is 5.69 Å². The molecule has 1 heterocycles. The number of anilines is 1. The molecule has 0 bridgehead atoms. The molecule has 1 saturated heterocycles. The SMILES string of the molecule is CC[C@@H](F)c1cc(N2CCN(CC)CC2)cc(-c2ccccc2C(F)(F)F)c1Cl. The van der Waals surface area contributed by atoms with Crippen LogP contribution in [0.2, 0.25) is 5.02 Å². The van der Waals surface area contributed by atoms with Crippen LogP contribution in [0.15, 0.2) is 36.4 Å². The van der Waals surface area contributed by atoms with Crippen molar-refractivity contribution < 1.29 is 17.6 Å². The van der Waals surface area contributed by atoms with E-state index >= 15 is 0 Å². The molecule has 3 rings (SSSR count). The highest BCUT2D eigenvalue weighted by molar-refractivity contribution is 6.34. The van der Waals surface area contributed by atoms with Crippen LogP contribution in [-0.4, -0.2) is 37.6 Å². The highest BCUT2D eigenvalue weighted by Crippen LogP contribution is 2.44. The maximum absolute atomic E-state index is 14.7. The lowest BCUT2D eigenvalue weighted by molar-refractivity contribution is -0.137. The van der Waals surface area contributed by atoms with Crippen LogP contribution < -0.4 is 4.90 Å². The average Bonchev–Trinajstić information content (AvgIpc) is 2.73. The van der Waals surface area contributed by atoms with Gasteiger partial charge in [0.1, 0.15) is 6.17 Å². The molecule has 0 spiro atoms. The van der Waals surface area contributed by atoms with Gasteiger partial charge in [-0.1, -0.05) is 43.6 Å². The lowest BCUT2D eigenvalue weighted by Crippen LogP contribution is -2.46. The third-order valence-corrected chi connectivity index (χ3v) is 5.91. The second-order valence-corrected chi connectivity index (χ2v) is 7.61. The van der Waals surface area contributed by atoms with Crippen molar-refractivity contribution in [3.63, 3.8) is 0 Å². The van der Waals surface area contributed by atoms with Gasteiger partial charge in [-0.2, -0.15) is 13.2 Å². The highest BCUT2D eigenvalue weighted by atomic mass is 35.5. The molecular formula is C22H25ClF4N2. The van der Waals surface area contributed by atoms with Gasteiger partial charge < -0.3 is 9.80 Å². The zero-order chi connectivity index (χ0) is 21.2. The molecule has 0 amide bonds. The fraction of sp³-hybridized carbons (Fsp3) is 0.455. The zero-order valence-corrected chi connectivity index (χ0v) is 17.3. The third-order valence-electron chi connectivity index (χ3n) is 5.49. The first kappa shape index (κ1) is 21.9. The Labute approximate surface area is 174 Å². The molecular weight excluding hydrogens is 404 g/mol. The van der Waals surface area contributed by atoms with Crippen molar-refractivity contribution in [1.82, 2.24) is 4.90 Å². The summed E-state index contributed by atoms with van der Waals surface area (Å²) in [7, 11) is 0. The number of halogens is 5. The van der Waals surface area contributed by atoms with E-state index in [2.05, 4.69) is 16.7 Å². The van der Waals surface area contributed by atoms with E-state index in [0.717, 1.165) is 38.8 Å². The summed E-state index contributed by atoms with van der Waals surface area (Å²) in [6, 6.07) is 8.67. The lowest BCUT2D eigenvalue weighted by Gasteiger charge is -2.36. The van der Waals surface area contributed by atoms with E-state index < -0.39 is 17.9 Å². The van der Waals surface area contributed by atoms with Crippen LogP contribution in [0.3, 0.4) is 0 Å². The van der Waals surface area contributed by atoms with Gasteiger partial charge in [-0.15, -0.1) is 0 Å². The van der Waals surface area contributed by atoms with Gasteiger partial charge in [-0.05, 0) is 36.7 Å². The molecule has 0 N–H and O–H groups in total. The van der Waals surface area contributed by atoms with Crippen molar-refractivity contribution in [3.05, 3.63) is 52.5 Å². The van der Waals surface area contributed by atoms with Crippen molar-refractivity contribution in [2.75, 3.05) is 37.6 Å². The molecule has 0 aromatic heterocycles. The summed E-state index contributed by atoms with van der Waals surface area (Å²) < 4.78 is 55.5. The minimum atomic E-state index is -4.53. The normalized spacial score (nSPS) is 16.9. The maximum Gasteiger partial charge on any atom is 0.417 e. The summed E-state index contributed by atoms with van der Waals surface area (Å²) >= 11 is 6.46. The van der Waals surface area contributed by atoms with Gasteiger partial charge in [0.15, 0.2) is 0 Å². The molecule has 2 aromatic rings. The molecule has 1 aliphatic rings. The van der Waals surface area contributed by atoms with Crippen LogP contribution in [0.4, 0.5) is 23.2 Å². The number of hydrogen-bond donors (Lipinski definition) is 0. The van der Waals surface area contributed by atoms with Gasteiger partial charge in [0.2, 0.25) is 0 Å². The molecule has 1 atom stereocenters. The first-order chi connectivity index (χ1) is 13.8. The molecule has 0 aliphatic carbocycles. The Hall–Kier alpha value is -1.79. The van der Waals surface area contributed by atoms with Crippen molar-refractivity contribution in [1.29, 1.82) is 0 Å². The summed E-state index contributed by atoms with van der Waals surface area (Å²) in [6.07, 6.45) is -5.66. The molecule has 0 unspecified atom stereocenters. The molecule has 0 saturated carbocycles. The highest BCUT2D eigenvalue weighted by Gasteiger charge is 2.34.